The number of guanidine groups is 1. The summed E-state index contributed by atoms with van der Waals surface area (Å²) in [5.41, 5.74) is 0. The second-order valence-electron chi connectivity index (χ2n) is 3.47. The van der Waals surface area contributed by atoms with Crippen molar-refractivity contribution in [1.29, 1.82) is 0 Å². The Morgan fingerprint density at radius 1 is 1.31 bits per heavy atom. The number of nitrogens with zero attached hydrogens (tertiary/aromatic N) is 3. The van der Waals surface area contributed by atoms with Crippen LogP contribution in [0.25, 0.3) is 0 Å². The lowest BCUT2D eigenvalue weighted by Crippen LogP contribution is -2.53. The molecule has 16 heavy (non-hydrogen) atoms. The first kappa shape index (κ1) is 12.6. The van der Waals surface area contributed by atoms with Crippen molar-refractivity contribution < 1.29 is 9.53 Å². The normalized spacial score (nSPS) is 17.3. The summed E-state index contributed by atoms with van der Waals surface area (Å²) in [6.45, 7) is 5.17. The zero-order chi connectivity index (χ0) is 12.0. The molecular weight excluding hydrogens is 208 g/mol. The molecule has 0 aromatic heterocycles. The van der Waals surface area contributed by atoms with E-state index in [1.165, 1.54) is 0 Å². The number of carbonyl (C=O) groups is 1. The average molecular weight is 228 g/mol. The summed E-state index contributed by atoms with van der Waals surface area (Å²) in [5, 5.41) is 3.03. The van der Waals surface area contributed by atoms with Gasteiger partial charge in [-0.15, -0.1) is 0 Å². The minimum Gasteiger partial charge on any atom is -0.450 e. The highest BCUT2D eigenvalue weighted by Crippen LogP contribution is 2.03. The molecule has 0 bridgehead atoms. The first-order chi connectivity index (χ1) is 7.72. The Bertz CT molecular complexity index is 260. The van der Waals surface area contributed by atoms with Crippen molar-refractivity contribution in [2.45, 2.75) is 6.92 Å². The second-order valence-corrected chi connectivity index (χ2v) is 3.47. The van der Waals surface area contributed by atoms with Crippen LogP contribution in [-0.2, 0) is 4.74 Å². The van der Waals surface area contributed by atoms with Crippen molar-refractivity contribution in [2.75, 3.05) is 46.9 Å². The van der Waals surface area contributed by atoms with E-state index in [1.54, 1.807) is 11.9 Å². The number of piperazine rings is 1. The first-order valence-corrected chi connectivity index (χ1v) is 5.54. The van der Waals surface area contributed by atoms with Crippen LogP contribution in [0.15, 0.2) is 4.99 Å². The quantitative estimate of drug-likeness (QED) is 0.505. The lowest BCUT2D eigenvalue weighted by molar-refractivity contribution is 0.0915. The molecule has 0 unspecified atom stereocenters. The van der Waals surface area contributed by atoms with E-state index < -0.39 is 0 Å². The predicted octanol–water partition coefficient (Wildman–Crippen LogP) is -0.0343. The molecule has 0 spiro atoms. The summed E-state index contributed by atoms with van der Waals surface area (Å²) in [5.74, 6) is 0.864. The van der Waals surface area contributed by atoms with E-state index in [0.29, 0.717) is 19.7 Å². The van der Waals surface area contributed by atoms with Crippen molar-refractivity contribution in [1.82, 2.24) is 15.1 Å². The number of carbonyl (C=O) groups excluding carboxylic acids is 1. The SMILES string of the molecule is CCOC(=O)N1CCN(C(=NC)NC)CC1. The van der Waals surface area contributed by atoms with E-state index in [4.69, 9.17) is 4.74 Å². The highest BCUT2D eigenvalue weighted by atomic mass is 16.6. The van der Waals surface area contributed by atoms with Crippen LogP contribution in [0.1, 0.15) is 6.92 Å². The molecule has 0 aliphatic carbocycles. The monoisotopic (exact) mass is 228 g/mol. The molecular formula is C10H20N4O2. The van der Waals surface area contributed by atoms with E-state index in [1.807, 2.05) is 14.0 Å². The van der Waals surface area contributed by atoms with Crippen LogP contribution in [0.3, 0.4) is 0 Å². The predicted molar refractivity (Wildman–Crippen MR) is 62.6 cm³/mol. The molecule has 1 heterocycles. The van der Waals surface area contributed by atoms with Crippen molar-refractivity contribution >= 4 is 12.1 Å². The molecule has 92 valence electrons. The van der Waals surface area contributed by atoms with Gasteiger partial charge in [-0.05, 0) is 6.92 Å². The third kappa shape index (κ3) is 3.01. The first-order valence-electron chi connectivity index (χ1n) is 5.54. The van der Waals surface area contributed by atoms with Crippen LogP contribution >= 0.6 is 0 Å². The number of hydrogen-bond donors (Lipinski definition) is 1. The Balaban J connectivity index is 2.42. The number of rotatable bonds is 1. The topological polar surface area (TPSA) is 57.2 Å². The van der Waals surface area contributed by atoms with Gasteiger partial charge >= 0.3 is 6.09 Å². The Kier molecular flexibility index (Phi) is 4.88. The largest absolute Gasteiger partial charge is 0.450 e. The zero-order valence-electron chi connectivity index (χ0n) is 10.2. The molecule has 0 aromatic rings. The van der Waals surface area contributed by atoms with Crippen molar-refractivity contribution in [2.24, 2.45) is 4.99 Å². The molecule has 1 aliphatic rings. The van der Waals surface area contributed by atoms with Gasteiger partial charge in [-0.1, -0.05) is 0 Å². The molecule has 0 aromatic carbocycles. The number of amides is 1. The maximum Gasteiger partial charge on any atom is 0.409 e. The van der Waals surface area contributed by atoms with Crippen molar-refractivity contribution in [3.63, 3.8) is 0 Å². The van der Waals surface area contributed by atoms with E-state index in [9.17, 15) is 4.79 Å². The van der Waals surface area contributed by atoms with Gasteiger partial charge < -0.3 is 19.9 Å². The second kappa shape index (κ2) is 6.19. The van der Waals surface area contributed by atoms with Gasteiger partial charge in [-0.3, -0.25) is 4.99 Å². The molecule has 6 nitrogen and oxygen atoms in total. The Morgan fingerprint density at radius 3 is 2.31 bits per heavy atom. The summed E-state index contributed by atoms with van der Waals surface area (Å²) in [6.07, 6.45) is -0.221. The summed E-state index contributed by atoms with van der Waals surface area (Å²) >= 11 is 0. The van der Waals surface area contributed by atoms with Crippen LogP contribution in [-0.4, -0.2) is 68.7 Å². The fourth-order valence-electron chi connectivity index (χ4n) is 1.73. The van der Waals surface area contributed by atoms with Gasteiger partial charge in [0.15, 0.2) is 5.96 Å². The van der Waals surface area contributed by atoms with Crippen LogP contribution in [0.4, 0.5) is 4.79 Å². The van der Waals surface area contributed by atoms with Crippen molar-refractivity contribution in [3.05, 3.63) is 0 Å². The molecule has 1 aliphatic heterocycles. The number of ether oxygens (including phenoxy) is 1. The van der Waals surface area contributed by atoms with Crippen LogP contribution in [0.2, 0.25) is 0 Å². The molecule has 1 N–H and O–H groups in total. The Morgan fingerprint density at radius 2 is 1.88 bits per heavy atom. The highest BCUT2D eigenvalue weighted by molar-refractivity contribution is 5.80. The molecule has 6 heteroatoms. The molecule has 0 atom stereocenters. The highest BCUT2D eigenvalue weighted by Gasteiger charge is 2.22. The average Bonchev–Trinajstić information content (AvgIpc) is 2.32. The van der Waals surface area contributed by atoms with Gasteiger partial charge in [0.1, 0.15) is 0 Å². The lowest BCUT2D eigenvalue weighted by atomic mass is 10.3. The molecule has 0 radical (unpaired) electrons. The van der Waals surface area contributed by atoms with Gasteiger partial charge in [-0.2, -0.15) is 0 Å². The van der Waals surface area contributed by atoms with Gasteiger partial charge in [0.2, 0.25) is 0 Å². The van der Waals surface area contributed by atoms with Gasteiger partial charge in [0, 0.05) is 40.3 Å². The van der Waals surface area contributed by atoms with E-state index in [2.05, 4.69) is 15.2 Å². The van der Waals surface area contributed by atoms with Crippen LogP contribution in [0, 0.1) is 0 Å². The summed E-state index contributed by atoms with van der Waals surface area (Å²) < 4.78 is 4.95. The zero-order valence-corrected chi connectivity index (χ0v) is 10.2. The Labute approximate surface area is 96.3 Å². The maximum absolute atomic E-state index is 11.5. The van der Waals surface area contributed by atoms with E-state index >= 15 is 0 Å². The van der Waals surface area contributed by atoms with Gasteiger partial charge in [0.25, 0.3) is 0 Å². The Hall–Kier alpha value is -1.46. The van der Waals surface area contributed by atoms with Gasteiger partial charge in [0.05, 0.1) is 6.61 Å². The minimum atomic E-state index is -0.221. The van der Waals surface area contributed by atoms with Crippen LogP contribution in [0.5, 0.6) is 0 Å². The maximum atomic E-state index is 11.5. The molecule has 1 rings (SSSR count). The number of aliphatic imine (C=N–C) groups is 1. The third-order valence-electron chi connectivity index (χ3n) is 2.54. The van der Waals surface area contributed by atoms with E-state index in [-0.39, 0.29) is 6.09 Å². The van der Waals surface area contributed by atoms with E-state index in [0.717, 1.165) is 19.0 Å². The van der Waals surface area contributed by atoms with Crippen LogP contribution < -0.4 is 5.32 Å². The molecule has 1 amide bonds. The minimum absolute atomic E-state index is 0.221. The summed E-state index contributed by atoms with van der Waals surface area (Å²) in [7, 11) is 3.60. The molecule has 0 saturated carbocycles. The molecule has 1 fully saturated rings. The lowest BCUT2D eigenvalue weighted by Gasteiger charge is -2.35. The fraction of sp³-hybridized carbons (Fsp3) is 0.800. The molecule has 1 saturated heterocycles. The van der Waals surface area contributed by atoms with Gasteiger partial charge in [-0.25, -0.2) is 4.79 Å². The summed E-state index contributed by atoms with van der Waals surface area (Å²) in [6, 6.07) is 0. The standard InChI is InChI=1S/C10H20N4O2/c1-4-16-10(15)14-7-5-13(6-8-14)9(11-2)12-3/h4-8H2,1-3H3,(H,11,12). The smallest absolute Gasteiger partial charge is 0.409 e. The summed E-state index contributed by atoms with van der Waals surface area (Å²) in [4.78, 5) is 19.4. The fourth-order valence-corrected chi connectivity index (χ4v) is 1.73. The third-order valence-corrected chi connectivity index (χ3v) is 2.54. The van der Waals surface area contributed by atoms with Crippen molar-refractivity contribution in [3.8, 4) is 0 Å². The number of nitrogens with one attached hydrogen (secondary N) is 1. The number of hydrogen-bond acceptors (Lipinski definition) is 3.